The maximum Gasteiger partial charge on any atom is 0.0329 e. The number of likely N-dealkylation sites (tertiary alicyclic amines) is 1. The van der Waals surface area contributed by atoms with Crippen LogP contribution in [0.4, 0.5) is 0 Å². The molecule has 2 heteroatoms. The molecule has 0 spiro atoms. The molecule has 1 saturated heterocycles. The second-order valence-electron chi connectivity index (χ2n) is 5.82. The van der Waals surface area contributed by atoms with Gasteiger partial charge in [0.1, 0.15) is 0 Å². The lowest BCUT2D eigenvalue weighted by molar-refractivity contribution is 0.0265. The van der Waals surface area contributed by atoms with Crippen molar-refractivity contribution in [1.29, 1.82) is 0 Å². The highest BCUT2D eigenvalue weighted by atomic mass is 15.2. The van der Waals surface area contributed by atoms with Gasteiger partial charge in [-0.2, -0.15) is 0 Å². The molecule has 96 valence electrons. The van der Waals surface area contributed by atoms with Gasteiger partial charge in [-0.3, -0.25) is 4.90 Å². The molecule has 0 bridgehead atoms. The Hall–Kier alpha value is -0.0800. The first-order valence-electron chi connectivity index (χ1n) is 7.03. The summed E-state index contributed by atoms with van der Waals surface area (Å²) in [5.74, 6) is 0.629. The Labute approximate surface area is 102 Å². The Bertz CT molecular complexity index is 203. The molecule has 1 heterocycles. The molecule has 2 unspecified atom stereocenters. The van der Waals surface area contributed by atoms with Crippen molar-refractivity contribution in [3.05, 3.63) is 0 Å². The number of nitrogens with two attached hydrogens (primary N) is 1. The molecule has 1 rings (SSSR count). The third-order valence-corrected chi connectivity index (χ3v) is 4.66. The zero-order chi connectivity index (χ0) is 12.2. The Balaban J connectivity index is 2.86. The minimum atomic E-state index is 0.186. The minimum Gasteiger partial charge on any atom is -0.329 e. The lowest BCUT2D eigenvalue weighted by atomic mass is 9.84. The second-order valence-corrected chi connectivity index (χ2v) is 5.82. The molecule has 2 N–H and O–H groups in total. The van der Waals surface area contributed by atoms with Crippen LogP contribution in [0, 0.1) is 5.92 Å². The Morgan fingerprint density at radius 2 is 2.00 bits per heavy atom. The van der Waals surface area contributed by atoms with Crippen molar-refractivity contribution >= 4 is 0 Å². The van der Waals surface area contributed by atoms with Crippen molar-refractivity contribution in [3.63, 3.8) is 0 Å². The van der Waals surface area contributed by atoms with E-state index in [1.165, 1.54) is 38.6 Å². The van der Waals surface area contributed by atoms with Crippen molar-refractivity contribution < 1.29 is 0 Å². The van der Waals surface area contributed by atoms with E-state index in [9.17, 15) is 0 Å². The molecule has 0 aliphatic carbocycles. The molecular weight excluding hydrogens is 196 g/mol. The Morgan fingerprint density at radius 3 is 2.50 bits per heavy atom. The van der Waals surface area contributed by atoms with E-state index in [1.807, 2.05) is 0 Å². The maximum absolute atomic E-state index is 6.07. The fourth-order valence-electron chi connectivity index (χ4n) is 2.96. The first kappa shape index (κ1) is 14.0. The maximum atomic E-state index is 6.07. The largest absolute Gasteiger partial charge is 0.329 e. The standard InChI is InChI=1S/C14H30N2/c1-5-13-9-7-6-8-10-16(13)14(4,11-15)12(2)3/h12-13H,5-11,15H2,1-4H3. The number of hydrogen-bond acceptors (Lipinski definition) is 2. The van der Waals surface area contributed by atoms with Crippen LogP contribution in [0.1, 0.15) is 59.8 Å². The molecule has 0 amide bonds. The van der Waals surface area contributed by atoms with Gasteiger partial charge in [0.15, 0.2) is 0 Å². The predicted molar refractivity (Wildman–Crippen MR) is 71.6 cm³/mol. The van der Waals surface area contributed by atoms with E-state index in [1.54, 1.807) is 0 Å². The van der Waals surface area contributed by atoms with E-state index in [2.05, 4.69) is 32.6 Å². The summed E-state index contributed by atoms with van der Waals surface area (Å²) >= 11 is 0. The lowest BCUT2D eigenvalue weighted by Gasteiger charge is -2.47. The van der Waals surface area contributed by atoms with Crippen LogP contribution >= 0.6 is 0 Å². The Kier molecular flexibility index (Phi) is 5.26. The van der Waals surface area contributed by atoms with Gasteiger partial charge in [0.2, 0.25) is 0 Å². The molecule has 0 aromatic heterocycles. The average molecular weight is 226 g/mol. The summed E-state index contributed by atoms with van der Waals surface area (Å²) in [6.07, 6.45) is 6.76. The fraction of sp³-hybridized carbons (Fsp3) is 1.00. The normalized spacial score (nSPS) is 27.8. The van der Waals surface area contributed by atoms with Crippen molar-refractivity contribution in [2.24, 2.45) is 11.7 Å². The molecule has 2 nitrogen and oxygen atoms in total. The van der Waals surface area contributed by atoms with Gasteiger partial charge in [-0.15, -0.1) is 0 Å². The van der Waals surface area contributed by atoms with Crippen molar-refractivity contribution in [1.82, 2.24) is 4.90 Å². The van der Waals surface area contributed by atoms with Crippen molar-refractivity contribution in [3.8, 4) is 0 Å². The summed E-state index contributed by atoms with van der Waals surface area (Å²) < 4.78 is 0. The van der Waals surface area contributed by atoms with Crippen LogP contribution < -0.4 is 5.73 Å². The molecule has 16 heavy (non-hydrogen) atoms. The van der Waals surface area contributed by atoms with Crippen molar-refractivity contribution in [2.45, 2.75) is 71.4 Å². The summed E-state index contributed by atoms with van der Waals surface area (Å²) in [6.45, 7) is 11.3. The van der Waals surface area contributed by atoms with E-state index >= 15 is 0 Å². The minimum absolute atomic E-state index is 0.186. The van der Waals surface area contributed by atoms with Gasteiger partial charge in [0, 0.05) is 18.1 Å². The number of hydrogen-bond donors (Lipinski definition) is 1. The van der Waals surface area contributed by atoms with Crippen LogP contribution in [0.15, 0.2) is 0 Å². The van der Waals surface area contributed by atoms with Crippen molar-refractivity contribution in [2.75, 3.05) is 13.1 Å². The van der Waals surface area contributed by atoms with Gasteiger partial charge in [-0.05, 0) is 38.6 Å². The van der Waals surface area contributed by atoms with Crippen LogP contribution in [0.25, 0.3) is 0 Å². The van der Waals surface area contributed by atoms with Gasteiger partial charge in [-0.1, -0.05) is 33.6 Å². The lowest BCUT2D eigenvalue weighted by Crippen LogP contribution is -2.58. The summed E-state index contributed by atoms with van der Waals surface area (Å²) in [5.41, 5.74) is 6.25. The Morgan fingerprint density at radius 1 is 1.31 bits per heavy atom. The van der Waals surface area contributed by atoms with Gasteiger partial charge in [0.25, 0.3) is 0 Å². The van der Waals surface area contributed by atoms with Crippen LogP contribution in [0.3, 0.4) is 0 Å². The molecule has 0 aromatic rings. The van der Waals surface area contributed by atoms with Crippen LogP contribution in [0.2, 0.25) is 0 Å². The molecular formula is C14H30N2. The molecule has 2 atom stereocenters. The smallest absolute Gasteiger partial charge is 0.0329 e. The van der Waals surface area contributed by atoms with E-state index < -0.39 is 0 Å². The summed E-state index contributed by atoms with van der Waals surface area (Å²) in [4.78, 5) is 2.71. The number of nitrogens with zero attached hydrogens (tertiary/aromatic N) is 1. The molecule has 1 aliphatic heterocycles. The highest BCUT2D eigenvalue weighted by Gasteiger charge is 2.37. The molecule has 0 radical (unpaired) electrons. The average Bonchev–Trinajstić information content (AvgIpc) is 2.52. The van der Waals surface area contributed by atoms with E-state index in [0.717, 1.165) is 12.6 Å². The quantitative estimate of drug-likeness (QED) is 0.798. The zero-order valence-electron chi connectivity index (χ0n) is 11.6. The molecule has 0 saturated carbocycles. The van der Waals surface area contributed by atoms with Gasteiger partial charge in [0.05, 0.1) is 0 Å². The highest BCUT2D eigenvalue weighted by molar-refractivity contribution is 4.94. The molecule has 1 fully saturated rings. The fourth-order valence-corrected chi connectivity index (χ4v) is 2.96. The summed E-state index contributed by atoms with van der Waals surface area (Å²) in [7, 11) is 0. The number of rotatable bonds is 4. The van der Waals surface area contributed by atoms with E-state index in [-0.39, 0.29) is 5.54 Å². The second kappa shape index (κ2) is 6.02. The zero-order valence-corrected chi connectivity index (χ0v) is 11.6. The molecule has 1 aliphatic rings. The van der Waals surface area contributed by atoms with Gasteiger partial charge < -0.3 is 5.73 Å². The van der Waals surface area contributed by atoms with Crippen LogP contribution in [-0.2, 0) is 0 Å². The van der Waals surface area contributed by atoms with E-state index in [0.29, 0.717) is 5.92 Å². The first-order chi connectivity index (χ1) is 7.56. The van der Waals surface area contributed by atoms with Crippen LogP contribution in [0.5, 0.6) is 0 Å². The van der Waals surface area contributed by atoms with Gasteiger partial charge >= 0.3 is 0 Å². The topological polar surface area (TPSA) is 29.3 Å². The summed E-state index contributed by atoms with van der Waals surface area (Å²) in [6, 6.07) is 0.749. The molecule has 0 aromatic carbocycles. The third-order valence-electron chi connectivity index (χ3n) is 4.66. The SMILES string of the molecule is CCC1CCCCCN1C(C)(CN)C(C)C. The predicted octanol–water partition coefficient (Wildman–Crippen LogP) is 3.01. The van der Waals surface area contributed by atoms with E-state index in [4.69, 9.17) is 5.73 Å². The summed E-state index contributed by atoms with van der Waals surface area (Å²) in [5, 5.41) is 0. The third kappa shape index (κ3) is 2.78. The highest BCUT2D eigenvalue weighted by Crippen LogP contribution is 2.31. The van der Waals surface area contributed by atoms with Crippen LogP contribution in [-0.4, -0.2) is 29.6 Å². The monoisotopic (exact) mass is 226 g/mol. The first-order valence-corrected chi connectivity index (χ1v) is 7.03. The van der Waals surface area contributed by atoms with Gasteiger partial charge in [-0.25, -0.2) is 0 Å².